The lowest BCUT2D eigenvalue weighted by Crippen LogP contribution is -2.51. The Hall–Kier alpha value is -0.770. The predicted octanol–water partition coefficient (Wildman–Crippen LogP) is -1.48. The fraction of sp³-hybridized carbons (Fsp3) is 0.933. The highest BCUT2D eigenvalue weighted by Crippen LogP contribution is 2.07. The number of nitrogens with one attached hydrogen (secondary N) is 1. The molecule has 0 unspecified atom stereocenters. The first-order valence-corrected chi connectivity index (χ1v) is 8.07. The lowest BCUT2D eigenvalue weighted by molar-refractivity contribution is -0.125. The van der Waals surface area contributed by atoms with E-state index < -0.39 is 37.1 Å². The largest absolute Gasteiger partial charge is 0.394 e. The molecule has 0 saturated carbocycles. The van der Waals surface area contributed by atoms with E-state index in [9.17, 15) is 25.2 Å². The molecule has 0 saturated heterocycles. The molecule has 23 heavy (non-hydrogen) atoms. The molecule has 0 aliphatic carbocycles. The Labute approximate surface area is 137 Å². The Morgan fingerprint density at radius 3 is 2.22 bits per heavy atom. The topological polar surface area (TPSA) is 139 Å². The molecule has 6 N–H and O–H groups in total. The van der Waals surface area contributed by atoms with Crippen LogP contribution in [0.4, 0.5) is 0 Å². The van der Waals surface area contributed by atoms with Crippen molar-refractivity contribution in [3.63, 3.8) is 0 Å². The zero-order valence-electron chi connectivity index (χ0n) is 13.9. The van der Waals surface area contributed by atoms with Gasteiger partial charge in [0.15, 0.2) is 0 Å². The molecule has 8 nitrogen and oxygen atoms in total. The molecule has 0 heterocycles. The van der Waals surface area contributed by atoms with Crippen molar-refractivity contribution in [2.24, 2.45) is 0 Å². The van der Waals surface area contributed by atoms with Gasteiger partial charge in [0, 0.05) is 6.42 Å². The van der Waals surface area contributed by atoms with Gasteiger partial charge in [-0.2, -0.15) is 0 Å². The highest BCUT2D eigenvalue weighted by molar-refractivity contribution is 5.76. The number of carbonyl (C=O) groups excluding carboxylic acids is 1. The molecule has 0 rings (SSSR count). The standard InChI is InChI=1S/C15H31NO7/c1-3-5-6-14(21)16-10(15(22)11(18)4-2)8-23-9-13(20)12(19)7-17/h10-13,15,17-20,22H,3-9H2,1-2H3,(H,16,21)/t10-,11+,12-,13-,15-/m0/s1. The minimum absolute atomic E-state index is 0.134. The van der Waals surface area contributed by atoms with Crippen molar-refractivity contribution in [3.05, 3.63) is 0 Å². The van der Waals surface area contributed by atoms with Crippen molar-refractivity contribution in [3.8, 4) is 0 Å². The third-order valence-corrected chi connectivity index (χ3v) is 3.55. The molecule has 1 amide bonds. The van der Waals surface area contributed by atoms with Crippen LogP contribution in [0.1, 0.15) is 39.5 Å². The van der Waals surface area contributed by atoms with Crippen molar-refractivity contribution >= 4 is 5.91 Å². The summed E-state index contributed by atoms with van der Waals surface area (Å²) in [6.07, 6.45) is -2.60. The number of unbranched alkanes of at least 4 members (excludes halogenated alkanes) is 1. The molecule has 0 aliphatic heterocycles. The number of carbonyl (C=O) groups is 1. The van der Waals surface area contributed by atoms with E-state index >= 15 is 0 Å². The average molecular weight is 337 g/mol. The van der Waals surface area contributed by atoms with Crippen LogP contribution in [-0.2, 0) is 9.53 Å². The second kappa shape index (κ2) is 12.6. The average Bonchev–Trinajstić information content (AvgIpc) is 2.56. The summed E-state index contributed by atoms with van der Waals surface area (Å²) >= 11 is 0. The predicted molar refractivity (Wildman–Crippen MR) is 83.7 cm³/mol. The molecule has 0 radical (unpaired) electrons. The molecule has 0 spiro atoms. The lowest BCUT2D eigenvalue weighted by atomic mass is 10.0. The number of amides is 1. The summed E-state index contributed by atoms with van der Waals surface area (Å²) in [5.41, 5.74) is 0. The summed E-state index contributed by atoms with van der Waals surface area (Å²) in [4.78, 5) is 11.8. The molecule has 138 valence electrons. The van der Waals surface area contributed by atoms with Crippen LogP contribution < -0.4 is 5.32 Å². The van der Waals surface area contributed by atoms with Gasteiger partial charge < -0.3 is 35.6 Å². The van der Waals surface area contributed by atoms with Crippen LogP contribution >= 0.6 is 0 Å². The zero-order chi connectivity index (χ0) is 17.8. The van der Waals surface area contributed by atoms with Crippen molar-refractivity contribution in [2.45, 2.75) is 70.0 Å². The summed E-state index contributed by atoms with van der Waals surface area (Å²) < 4.78 is 5.19. The molecule has 0 aliphatic rings. The van der Waals surface area contributed by atoms with Gasteiger partial charge in [0.05, 0.1) is 32.0 Å². The Balaban J connectivity index is 4.51. The summed E-state index contributed by atoms with van der Waals surface area (Å²) in [5.74, 6) is -0.251. The van der Waals surface area contributed by atoms with Crippen LogP contribution in [0.5, 0.6) is 0 Å². The first-order chi connectivity index (χ1) is 10.9. The number of aliphatic hydroxyl groups excluding tert-OH is 5. The Kier molecular flexibility index (Phi) is 12.2. The van der Waals surface area contributed by atoms with E-state index in [1.54, 1.807) is 6.92 Å². The highest BCUT2D eigenvalue weighted by atomic mass is 16.5. The molecular weight excluding hydrogens is 306 g/mol. The van der Waals surface area contributed by atoms with E-state index in [0.29, 0.717) is 19.3 Å². The molecule has 0 bridgehead atoms. The fourth-order valence-electron chi connectivity index (χ4n) is 1.90. The van der Waals surface area contributed by atoms with E-state index in [-0.39, 0.29) is 19.1 Å². The Morgan fingerprint density at radius 1 is 1.04 bits per heavy atom. The molecule has 0 aromatic carbocycles. The number of hydrogen-bond donors (Lipinski definition) is 6. The van der Waals surface area contributed by atoms with Crippen LogP contribution in [0.25, 0.3) is 0 Å². The zero-order valence-corrected chi connectivity index (χ0v) is 13.9. The minimum atomic E-state index is -1.32. The van der Waals surface area contributed by atoms with Gasteiger partial charge in [0.25, 0.3) is 0 Å². The van der Waals surface area contributed by atoms with Crippen LogP contribution in [0.2, 0.25) is 0 Å². The Morgan fingerprint density at radius 2 is 1.70 bits per heavy atom. The third-order valence-electron chi connectivity index (χ3n) is 3.55. The van der Waals surface area contributed by atoms with Crippen molar-refractivity contribution < 1.29 is 35.1 Å². The summed E-state index contributed by atoms with van der Waals surface area (Å²) in [7, 11) is 0. The molecule has 0 aromatic heterocycles. The minimum Gasteiger partial charge on any atom is -0.394 e. The molecular formula is C15H31NO7. The van der Waals surface area contributed by atoms with E-state index in [1.165, 1.54) is 0 Å². The molecule has 5 atom stereocenters. The van der Waals surface area contributed by atoms with Gasteiger partial charge >= 0.3 is 0 Å². The maximum Gasteiger partial charge on any atom is 0.220 e. The second-order valence-corrected chi connectivity index (χ2v) is 5.60. The molecule has 0 fully saturated rings. The number of rotatable bonds is 13. The van der Waals surface area contributed by atoms with E-state index in [2.05, 4.69) is 5.32 Å². The SMILES string of the molecule is CCCCC(=O)N[C@@H](COC[C@H](O)[C@@H](O)CO)[C@H](O)[C@H](O)CC. The van der Waals surface area contributed by atoms with Gasteiger partial charge in [-0.3, -0.25) is 4.79 Å². The quantitative estimate of drug-likeness (QED) is 0.241. The van der Waals surface area contributed by atoms with Crippen molar-refractivity contribution in [1.29, 1.82) is 0 Å². The third kappa shape index (κ3) is 9.19. The van der Waals surface area contributed by atoms with Crippen molar-refractivity contribution in [2.75, 3.05) is 19.8 Å². The number of aliphatic hydroxyl groups is 5. The van der Waals surface area contributed by atoms with Gasteiger partial charge in [0.2, 0.25) is 5.91 Å². The Bertz CT molecular complexity index is 316. The first kappa shape index (κ1) is 22.2. The fourth-order valence-corrected chi connectivity index (χ4v) is 1.90. The van der Waals surface area contributed by atoms with Crippen LogP contribution in [-0.4, -0.2) is 81.7 Å². The van der Waals surface area contributed by atoms with E-state index in [1.807, 2.05) is 6.92 Å². The maximum atomic E-state index is 11.8. The smallest absolute Gasteiger partial charge is 0.220 e. The van der Waals surface area contributed by atoms with Crippen LogP contribution in [0.3, 0.4) is 0 Å². The highest BCUT2D eigenvalue weighted by Gasteiger charge is 2.27. The van der Waals surface area contributed by atoms with Gasteiger partial charge in [0.1, 0.15) is 18.3 Å². The number of ether oxygens (including phenoxy) is 1. The first-order valence-electron chi connectivity index (χ1n) is 8.07. The van der Waals surface area contributed by atoms with Gasteiger partial charge in [-0.25, -0.2) is 0 Å². The summed E-state index contributed by atoms with van der Waals surface area (Å²) in [5, 5.41) is 49.9. The normalized spacial score (nSPS) is 18.0. The lowest BCUT2D eigenvalue weighted by Gasteiger charge is -2.28. The summed E-state index contributed by atoms with van der Waals surface area (Å²) in [6.45, 7) is 2.66. The van der Waals surface area contributed by atoms with Gasteiger partial charge in [-0.05, 0) is 12.8 Å². The van der Waals surface area contributed by atoms with Crippen molar-refractivity contribution in [1.82, 2.24) is 5.32 Å². The van der Waals surface area contributed by atoms with Crippen LogP contribution in [0, 0.1) is 0 Å². The molecule has 0 aromatic rings. The second-order valence-electron chi connectivity index (χ2n) is 5.60. The number of hydrogen-bond acceptors (Lipinski definition) is 7. The van der Waals surface area contributed by atoms with Crippen LogP contribution in [0.15, 0.2) is 0 Å². The van der Waals surface area contributed by atoms with E-state index in [0.717, 1.165) is 6.42 Å². The maximum absolute atomic E-state index is 11.8. The van der Waals surface area contributed by atoms with E-state index in [4.69, 9.17) is 9.84 Å². The van der Waals surface area contributed by atoms with Gasteiger partial charge in [-0.1, -0.05) is 20.3 Å². The monoisotopic (exact) mass is 337 g/mol. The van der Waals surface area contributed by atoms with Gasteiger partial charge in [-0.15, -0.1) is 0 Å². The summed E-state index contributed by atoms with van der Waals surface area (Å²) in [6, 6.07) is -0.826. The molecule has 8 heteroatoms.